The normalized spacial score (nSPS) is 18.3. The molecule has 2 heterocycles. The van der Waals surface area contributed by atoms with Gasteiger partial charge in [0.25, 0.3) is 0 Å². The van der Waals surface area contributed by atoms with Crippen LogP contribution in [0.3, 0.4) is 0 Å². The summed E-state index contributed by atoms with van der Waals surface area (Å²) in [5, 5.41) is -0.598. The van der Waals surface area contributed by atoms with E-state index in [4.69, 9.17) is 4.74 Å². The number of hydrogen-bond donors (Lipinski definition) is 0. The fourth-order valence-electron chi connectivity index (χ4n) is 4.15. The van der Waals surface area contributed by atoms with Crippen LogP contribution in [0.15, 0.2) is 60.8 Å². The Bertz CT molecular complexity index is 1170. The second-order valence-corrected chi connectivity index (χ2v) is 11.4. The highest BCUT2D eigenvalue weighted by Crippen LogP contribution is 2.33. The molecule has 1 fully saturated rings. The van der Waals surface area contributed by atoms with E-state index in [2.05, 4.69) is 67.1 Å². The molecule has 168 valence electrons. The molecule has 32 heavy (non-hydrogen) atoms. The Balaban J connectivity index is 1.44. The summed E-state index contributed by atoms with van der Waals surface area (Å²) in [5.74, 6) is 1.35. The van der Waals surface area contributed by atoms with Gasteiger partial charge < -0.3 is 4.74 Å². The van der Waals surface area contributed by atoms with Gasteiger partial charge in [-0.05, 0) is 49.1 Å². The third kappa shape index (κ3) is 4.85. The van der Waals surface area contributed by atoms with Gasteiger partial charge in [0.2, 0.25) is 0 Å². The lowest BCUT2D eigenvalue weighted by atomic mass is 9.78. The van der Waals surface area contributed by atoms with Crippen molar-refractivity contribution in [3.63, 3.8) is 0 Å². The molecule has 2 aromatic carbocycles. The summed E-state index contributed by atoms with van der Waals surface area (Å²) in [5.41, 5.74) is 4.30. The van der Waals surface area contributed by atoms with Gasteiger partial charge in [0.15, 0.2) is 9.84 Å². The van der Waals surface area contributed by atoms with E-state index in [9.17, 15) is 8.42 Å². The van der Waals surface area contributed by atoms with Crippen molar-refractivity contribution in [3.05, 3.63) is 89.0 Å². The highest BCUT2D eigenvalue weighted by atomic mass is 32.2. The Morgan fingerprint density at radius 1 is 0.969 bits per heavy atom. The molecule has 1 aromatic heterocycles. The highest BCUT2D eigenvalue weighted by molar-refractivity contribution is 7.91. The van der Waals surface area contributed by atoms with Crippen LogP contribution in [-0.2, 0) is 21.9 Å². The van der Waals surface area contributed by atoms with Gasteiger partial charge in [-0.15, -0.1) is 0 Å². The molecular formula is C26H30N2O3S. The Kier molecular flexibility index (Phi) is 6.33. The monoisotopic (exact) mass is 450 g/mol. The van der Waals surface area contributed by atoms with E-state index in [1.807, 2.05) is 12.1 Å². The standard InChI is InChI=1S/C26H30N2O3S/c1-19-7-9-20(10-8-19)26(2,3)21-11-13-23(14-12-21)31-18-22-15-16-27-25(28-22)24-6-4-5-17-32(24,29)30/h7-16,24H,4-6,17-18H2,1-3H3. The van der Waals surface area contributed by atoms with Crippen molar-refractivity contribution in [3.8, 4) is 5.75 Å². The van der Waals surface area contributed by atoms with Crippen LogP contribution in [0.1, 0.15) is 66.6 Å². The minimum absolute atomic E-state index is 0.112. The van der Waals surface area contributed by atoms with Gasteiger partial charge in [-0.25, -0.2) is 18.4 Å². The van der Waals surface area contributed by atoms with Crippen LogP contribution in [0.5, 0.6) is 5.75 Å². The maximum absolute atomic E-state index is 12.4. The smallest absolute Gasteiger partial charge is 0.160 e. The number of rotatable bonds is 6. The zero-order chi connectivity index (χ0) is 22.8. The lowest BCUT2D eigenvalue weighted by molar-refractivity contribution is 0.300. The molecule has 1 unspecified atom stereocenters. The quantitative estimate of drug-likeness (QED) is 0.508. The van der Waals surface area contributed by atoms with Crippen molar-refractivity contribution in [2.75, 3.05) is 5.75 Å². The highest BCUT2D eigenvalue weighted by Gasteiger charge is 2.32. The molecule has 6 heteroatoms. The fraction of sp³-hybridized carbons (Fsp3) is 0.385. The van der Waals surface area contributed by atoms with Crippen molar-refractivity contribution in [1.82, 2.24) is 9.97 Å². The van der Waals surface area contributed by atoms with Crippen LogP contribution in [0.25, 0.3) is 0 Å². The molecule has 0 radical (unpaired) electrons. The van der Waals surface area contributed by atoms with Crippen LogP contribution in [0.2, 0.25) is 0 Å². The van der Waals surface area contributed by atoms with Gasteiger partial charge in [-0.2, -0.15) is 0 Å². The molecule has 1 aliphatic rings. The number of benzene rings is 2. The first kappa shape index (κ1) is 22.5. The maximum atomic E-state index is 12.4. The van der Waals surface area contributed by atoms with Gasteiger partial charge in [0.05, 0.1) is 11.4 Å². The molecule has 0 aliphatic carbocycles. The predicted molar refractivity (Wildman–Crippen MR) is 126 cm³/mol. The van der Waals surface area contributed by atoms with E-state index in [1.165, 1.54) is 16.7 Å². The van der Waals surface area contributed by atoms with Gasteiger partial charge in [0, 0.05) is 11.6 Å². The number of sulfone groups is 1. The van der Waals surface area contributed by atoms with E-state index in [0.717, 1.165) is 18.6 Å². The lowest BCUT2D eigenvalue weighted by Gasteiger charge is -2.26. The van der Waals surface area contributed by atoms with E-state index < -0.39 is 15.1 Å². The van der Waals surface area contributed by atoms with Crippen molar-refractivity contribution < 1.29 is 13.2 Å². The molecule has 0 N–H and O–H groups in total. The summed E-state index contributed by atoms with van der Waals surface area (Å²) in [6, 6.07) is 18.5. The van der Waals surface area contributed by atoms with Crippen LogP contribution in [0, 0.1) is 6.92 Å². The van der Waals surface area contributed by atoms with Crippen molar-refractivity contribution >= 4 is 9.84 Å². The van der Waals surface area contributed by atoms with Crippen LogP contribution in [-0.4, -0.2) is 24.1 Å². The van der Waals surface area contributed by atoms with Crippen molar-refractivity contribution in [1.29, 1.82) is 0 Å². The van der Waals surface area contributed by atoms with Crippen LogP contribution >= 0.6 is 0 Å². The zero-order valence-corrected chi connectivity index (χ0v) is 19.7. The molecule has 0 bridgehead atoms. The van der Waals surface area contributed by atoms with E-state index in [1.54, 1.807) is 12.3 Å². The molecular weight excluding hydrogens is 420 g/mol. The third-order valence-electron chi connectivity index (χ3n) is 6.33. The second-order valence-electron chi connectivity index (χ2n) is 9.06. The summed E-state index contributed by atoms with van der Waals surface area (Å²) in [7, 11) is -3.17. The minimum Gasteiger partial charge on any atom is -0.487 e. The summed E-state index contributed by atoms with van der Waals surface area (Å²) in [4.78, 5) is 8.74. The summed E-state index contributed by atoms with van der Waals surface area (Å²) < 4.78 is 30.7. The number of aryl methyl sites for hydroxylation is 1. The van der Waals surface area contributed by atoms with Crippen molar-refractivity contribution in [2.45, 2.75) is 57.3 Å². The number of nitrogens with zero attached hydrogens (tertiary/aromatic N) is 2. The molecule has 5 nitrogen and oxygen atoms in total. The molecule has 0 amide bonds. The first-order chi connectivity index (χ1) is 15.3. The maximum Gasteiger partial charge on any atom is 0.160 e. The molecule has 3 aromatic rings. The SMILES string of the molecule is Cc1ccc(C(C)(C)c2ccc(OCc3ccnc(C4CCCCS4(=O)=O)n3)cc2)cc1. The van der Waals surface area contributed by atoms with E-state index in [-0.39, 0.29) is 17.8 Å². The number of ether oxygens (including phenoxy) is 1. The molecule has 4 rings (SSSR count). The fourth-order valence-corrected chi connectivity index (χ4v) is 6.01. The number of aromatic nitrogens is 2. The topological polar surface area (TPSA) is 69.2 Å². The van der Waals surface area contributed by atoms with Gasteiger partial charge >= 0.3 is 0 Å². The first-order valence-corrected chi connectivity index (χ1v) is 12.8. The summed E-state index contributed by atoms with van der Waals surface area (Å²) >= 11 is 0. The van der Waals surface area contributed by atoms with Crippen LogP contribution < -0.4 is 4.74 Å². The van der Waals surface area contributed by atoms with Gasteiger partial charge in [-0.1, -0.05) is 62.2 Å². The number of hydrogen-bond acceptors (Lipinski definition) is 5. The minimum atomic E-state index is -3.17. The molecule has 0 saturated carbocycles. The Morgan fingerprint density at radius 3 is 2.28 bits per heavy atom. The molecule has 1 aliphatic heterocycles. The van der Waals surface area contributed by atoms with Gasteiger partial charge in [0.1, 0.15) is 23.4 Å². The third-order valence-corrected chi connectivity index (χ3v) is 8.51. The largest absolute Gasteiger partial charge is 0.487 e. The predicted octanol–water partition coefficient (Wildman–Crippen LogP) is 5.33. The summed E-state index contributed by atoms with van der Waals surface area (Å²) in [6.45, 7) is 6.80. The van der Waals surface area contributed by atoms with Gasteiger partial charge in [-0.3, -0.25) is 0 Å². The average molecular weight is 451 g/mol. The van der Waals surface area contributed by atoms with E-state index >= 15 is 0 Å². The van der Waals surface area contributed by atoms with Crippen molar-refractivity contribution in [2.24, 2.45) is 0 Å². The second kappa shape index (κ2) is 9.02. The lowest BCUT2D eigenvalue weighted by Crippen LogP contribution is -2.23. The Hall–Kier alpha value is -2.73. The Morgan fingerprint density at radius 2 is 1.62 bits per heavy atom. The van der Waals surface area contributed by atoms with Crippen LogP contribution in [0.4, 0.5) is 0 Å². The average Bonchev–Trinajstić information content (AvgIpc) is 2.78. The summed E-state index contributed by atoms with van der Waals surface area (Å²) in [6.07, 6.45) is 3.82. The first-order valence-electron chi connectivity index (χ1n) is 11.1. The molecule has 0 spiro atoms. The Labute approximate surface area is 190 Å². The molecule has 1 atom stereocenters. The molecule has 1 saturated heterocycles. The zero-order valence-electron chi connectivity index (χ0n) is 18.9. The van der Waals surface area contributed by atoms with E-state index in [0.29, 0.717) is 17.9 Å².